The predicted molar refractivity (Wildman–Crippen MR) is 57.8 cm³/mol. The van der Waals surface area contributed by atoms with Crippen LogP contribution < -0.4 is 14.8 Å². The molecular weight excluding hydrogens is 232 g/mol. The Morgan fingerprint density at radius 1 is 1.25 bits per heavy atom. The highest BCUT2D eigenvalue weighted by molar-refractivity contribution is 7.90. The SMILES string of the molecule is CNC(=O)NS(=O)(=O)c1ccc(OC)cc1. The van der Waals surface area contributed by atoms with Crippen molar-refractivity contribution in [3.8, 4) is 5.75 Å². The number of sulfonamides is 1. The van der Waals surface area contributed by atoms with Gasteiger partial charge in [0, 0.05) is 7.05 Å². The number of carbonyl (C=O) groups is 1. The first-order valence-electron chi connectivity index (χ1n) is 4.38. The summed E-state index contributed by atoms with van der Waals surface area (Å²) in [7, 11) is -1.00. The molecule has 0 saturated heterocycles. The fraction of sp³-hybridized carbons (Fsp3) is 0.222. The van der Waals surface area contributed by atoms with E-state index in [4.69, 9.17) is 4.74 Å². The highest BCUT2D eigenvalue weighted by Gasteiger charge is 2.16. The lowest BCUT2D eigenvalue weighted by molar-refractivity contribution is 0.248. The normalized spacial score (nSPS) is 10.6. The summed E-state index contributed by atoms with van der Waals surface area (Å²) in [6.07, 6.45) is 0. The number of rotatable bonds is 3. The van der Waals surface area contributed by atoms with Crippen LogP contribution in [0.5, 0.6) is 5.75 Å². The summed E-state index contributed by atoms with van der Waals surface area (Å²) in [6, 6.07) is 4.92. The molecule has 0 heterocycles. The molecule has 1 aromatic rings. The van der Waals surface area contributed by atoms with E-state index in [0.29, 0.717) is 5.75 Å². The number of benzene rings is 1. The van der Waals surface area contributed by atoms with Crippen molar-refractivity contribution >= 4 is 16.1 Å². The Bertz CT molecular complexity index is 467. The molecule has 1 aromatic carbocycles. The van der Waals surface area contributed by atoms with E-state index in [2.05, 4.69) is 5.32 Å². The van der Waals surface area contributed by atoms with Crippen molar-refractivity contribution < 1.29 is 17.9 Å². The van der Waals surface area contributed by atoms with E-state index in [9.17, 15) is 13.2 Å². The van der Waals surface area contributed by atoms with Gasteiger partial charge in [-0.05, 0) is 24.3 Å². The second kappa shape index (κ2) is 4.84. The van der Waals surface area contributed by atoms with Crippen LogP contribution >= 0.6 is 0 Å². The van der Waals surface area contributed by atoms with Gasteiger partial charge in [-0.1, -0.05) is 0 Å². The molecule has 0 bridgehead atoms. The molecule has 16 heavy (non-hydrogen) atoms. The standard InChI is InChI=1S/C9H12N2O4S/c1-10-9(12)11-16(13,14)8-5-3-7(15-2)4-6-8/h3-6H,1-2H3,(H2,10,11,12). The van der Waals surface area contributed by atoms with Gasteiger partial charge in [0.15, 0.2) is 0 Å². The average molecular weight is 244 g/mol. The summed E-state index contributed by atoms with van der Waals surface area (Å²) in [5.74, 6) is 0.541. The zero-order chi connectivity index (χ0) is 12.2. The molecule has 0 aliphatic heterocycles. The van der Waals surface area contributed by atoms with Crippen molar-refractivity contribution in [2.45, 2.75) is 4.90 Å². The number of methoxy groups -OCH3 is 1. The first kappa shape index (κ1) is 12.3. The summed E-state index contributed by atoms with van der Waals surface area (Å²) < 4.78 is 29.9. The van der Waals surface area contributed by atoms with Crippen molar-refractivity contribution in [2.75, 3.05) is 14.2 Å². The molecule has 0 spiro atoms. The van der Waals surface area contributed by atoms with Gasteiger partial charge >= 0.3 is 6.03 Å². The van der Waals surface area contributed by atoms with E-state index in [-0.39, 0.29) is 4.90 Å². The second-order valence-corrected chi connectivity index (χ2v) is 4.54. The number of ether oxygens (including phenoxy) is 1. The minimum absolute atomic E-state index is 0.00287. The molecule has 2 amide bonds. The van der Waals surface area contributed by atoms with Crippen LogP contribution in [0.1, 0.15) is 0 Å². The third kappa shape index (κ3) is 2.86. The molecule has 0 atom stereocenters. The van der Waals surface area contributed by atoms with Crippen LogP contribution in [-0.4, -0.2) is 28.6 Å². The molecule has 0 unspecified atom stereocenters. The molecule has 2 N–H and O–H groups in total. The predicted octanol–water partition coefficient (Wildman–Crippen LogP) is 0.313. The zero-order valence-corrected chi connectivity index (χ0v) is 9.67. The summed E-state index contributed by atoms with van der Waals surface area (Å²) in [5.41, 5.74) is 0. The topological polar surface area (TPSA) is 84.5 Å². The fourth-order valence-electron chi connectivity index (χ4n) is 0.987. The van der Waals surface area contributed by atoms with Gasteiger partial charge in [0.2, 0.25) is 0 Å². The minimum atomic E-state index is -3.81. The quantitative estimate of drug-likeness (QED) is 0.801. The number of amides is 2. The van der Waals surface area contributed by atoms with Gasteiger partial charge in [-0.2, -0.15) is 0 Å². The molecule has 0 aliphatic carbocycles. The van der Waals surface area contributed by atoms with Gasteiger partial charge in [-0.3, -0.25) is 0 Å². The van der Waals surface area contributed by atoms with Crippen LogP contribution in [0.15, 0.2) is 29.2 Å². The smallest absolute Gasteiger partial charge is 0.328 e. The van der Waals surface area contributed by atoms with Crippen LogP contribution in [0.4, 0.5) is 4.79 Å². The van der Waals surface area contributed by atoms with Gasteiger partial charge < -0.3 is 10.1 Å². The Kier molecular flexibility index (Phi) is 3.73. The first-order valence-corrected chi connectivity index (χ1v) is 5.86. The Labute approximate surface area is 93.7 Å². The molecule has 0 saturated carbocycles. The summed E-state index contributed by atoms with van der Waals surface area (Å²) in [6.45, 7) is 0. The lowest BCUT2D eigenvalue weighted by Gasteiger charge is -2.06. The van der Waals surface area contributed by atoms with E-state index < -0.39 is 16.1 Å². The van der Waals surface area contributed by atoms with E-state index in [1.54, 1.807) is 0 Å². The van der Waals surface area contributed by atoms with Crippen molar-refractivity contribution in [1.29, 1.82) is 0 Å². The number of hydrogen-bond donors (Lipinski definition) is 2. The van der Waals surface area contributed by atoms with Gasteiger partial charge in [0.25, 0.3) is 10.0 Å². The van der Waals surface area contributed by atoms with E-state index >= 15 is 0 Å². The maximum absolute atomic E-state index is 11.6. The Balaban J connectivity index is 2.94. The lowest BCUT2D eigenvalue weighted by atomic mass is 10.3. The number of carbonyl (C=O) groups excluding carboxylic acids is 1. The monoisotopic (exact) mass is 244 g/mol. The van der Waals surface area contributed by atoms with Crippen molar-refractivity contribution in [3.63, 3.8) is 0 Å². The third-order valence-electron chi connectivity index (χ3n) is 1.82. The maximum atomic E-state index is 11.6. The summed E-state index contributed by atoms with van der Waals surface area (Å²) in [4.78, 5) is 10.9. The van der Waals surface area contributed by atoms with E-state index in [1.807, 2.05) is 4.72 Å². The maximum Gasteiger partial charge on any atom is 0.328 e. The Hall–Kier alpha value is -1.76. The highest BCUT2D eigenvalue weighted by atomic mass is 32.2. The van der Waals surface area contributed by atoms with Crippen molar-refractivity contribution in [1.82, 2.24) is 10.0 Å². The first-order chi connectivity index (χ1) is 7.49. The average Bonchev–Trinajstić information content (AvgIpc) is 2.28. The van der Waals surface area contributed by atoms with Crippen LogP contribution in [0.2, 0.25) is 0 Å². The molecule has 6 nitrogen and oxygen atoms in total. The van der Waals surface area contributed by atoms with Gasteiger partial charge in [-0.15, -0.1) is 0 Å². The molecule has 0 radical (unpaired) electrons. The molecule has 1 rings (SSSR count). The fourth-order valence-corrected chi connectivity index (χ4v) is 1.95. The van der Waals surface area contributed by atoms with Crippen LogP contribution in [0, 0.1) is 0 Å². The van der Waals surface area contributed by atoms with Crippen molar-refractivity contribution in [2.24, 2.45) is 0 Å². The largest absolute Gasteiger partial charge is 0.497 e. The molecule has 0 aromatic heterocycles. The van der Waals surface area contributed by atoms with Gasteiger partial charge in [0.05, 0.1) is 12.0 Å². The van der Waals surface area contributed by atoms with Gasteiger partial charge in [-0.25, -0.2) is 17.9 Å². The van der Waals surface area contributed by atoms with Crippen LogP contribution in [0.3, 0.4) is 0 Å². The third-order valence-corrected chi connectivity index (χ3v) is 3.17. The summed E-state index contributed by atoms with van der Waals surface area (Å²) >= 11 is 0. The van der Waals surface area contributed by atoms with E-state index in [1.165, 1.54) is 38.4 Å². The molecule has 7 heteroatoms. The van der Waals surface area contributed by atoms with Gasteiger partial charge in [0.1, 0.15) is 5.75 Å². The van der Waals surface area contributed by atoms with E-state index in [0.717, 1.165) is 0 Å². The molecule has 0 aliphatic rings. The summed E-state index contributed by atoms with van der Waals surface area (Å²) in [5, 5.41) is 2.16. The number of hydrogen-bond acceptors (Lipinski definition) is 4. The molecule has 88 valence electrons. The highest BCUT2D eigenvalue weighted by Crippen LogP contribution is 2.14. The molecule has 0 fully saturated rings. The van der Waals surface area contributed by atoms with Crippen LogP contribution in [-0.2, 0) is 10.0 Å². The zero-order valence-electron chi connectivity index (χ0n) is 8.85. The second-order valence-electron chi connectivity index (χ2n) is 2.86. The Morgan fingerprint density at radius 2 is 1.81 bits per heavy atom. The number of urea groups is 1. The Morgan fingerprint density at radius 3 is 2.25 bits per heavy atom. The molecular formula is C9H12N2O4S. The van der Waals surface area contributed by atoms with Crippen LogP contribution in [0.25, 0.3) is 0 Å². The lowest BCUT2D eigenvalue weighted by Crippen LogP contribution is -2.37. The number of nitrogens with one attached hydrogen (secondary N) is 2. The minimum Gasteiger partial charge on any atom is -0.497 e. The van der Waals surface area contributed by atoms with Crippen molar-refractivity contribution in [3.05, 3.63) is 24.3 Å².